The van der Waals surface area contributed by atoms with Crippen LogP contribution in [0.25, 0.3) is 0 Å². The maximum atomic E-state index is 13.1. The molecule has 0 aliphatic heterocycles. The number of aliphatic hydroxyl groups excluding tert-OH is 2. The van der Waals surface area contributed by atoms with E-state index in [4.69, 9.17) is 4.74 Å². The van der Waals surface area contributed by atoms with Crippen molar-refractivity contribution in [1.29, 1.82) is 0 Å². The average molecular weight is 798 g/mol. The predicted octanol–water partition coefficient (Wildman–Crippen LogP) is 14.1. The van der Waals surface area contributed by atoms with Gasteiger partial charge in [0.25, 0.3) is 0 Å². The molecule has 0 aromatic carbocycles. The van der Waals surface area contributed by atoms with Gasteiger partial charge in [0, 0.05) is 6.42 Å². The zero-order chi connectivity index (χ0) is 41.7. The molecule has 0 spiro atoms. The minimum Gasteiger partial charge on any atom is -0.462 e. The Labute approximate surface area is 352 Å². The number of hydrogen-bond donors (Lipinski definition) is 3. The lowest BCUT2D eigenvalue weighted by Gasteiger charge is -2.24. The van der Waals surface area contributed by atoms with Crippen molar-refractivity contribution in [2.24, 2.45) is 0 Å². The number of rotatable bonds is 42. The summed E-state index contributed by atoms with van der Waals surface area (Å²) in [4.78, 5) is 26.0. The van der Waals surface area contributed by atoms with Crippen LogP contribution in [-0.2, 0) is 14.3 Å². The van der Waals surface area contributed by atoms with Gasteiger partial charge in [0.1, 0.15) is 6.10 Å². The summed E-state index contributed by atoms with van der Waals surface area (Å²) in [6.45, 7) is 6.35. The number of hydrogen-bond acceptors (Lipinski definition) is 5. The summed E-state index contributed by atoms with van der Waals surface area (Å²) in [5.74, 6) is -0.515. The molecule has 0 aromatic heterocycles. The fourth-order valence-electron chi connectivity index (χ4n) is 7.05. The maximum absolute atomic E-state index is 13.1. The summed E-state index contributed by atoms with van der Waals surface area (Å²) in [6, 6.07) is -0.714. The Morgan fingerprint density at radius 3 is 1.42 bits per heavy atom. The van der Waals surface area contributed by atoms with Crippen LogP contribution in [0.3, 0.4) is 0 Å². The highest BCUT2D eigenvalue weighted by molar-refractivity contribution is 5.77. The highest BCUT2D eigenvalue weighted by atomic mass is 16.5. The lowest BCUT2D eigenvalue weighted by Crippen LogP contribution is -2.46. The van der Waals surface area contributed by atoms with Gasteiger partial charge in [0.2, 0.25) is 5.91 Å². The first kappa shape index (κ1) is 54.6. The summed E-state index contributed by atoms with van der Waals surface area (Å²) in [7, 11) is 0. The molecule has 0 aromatic rings. The number of ether oxygens (including phenoxy) is 1. The molecule has 3 atom stereocenters. The summed E-state index contributed by atoms with van der Waals surface area (Å²) in [5, 5.41) is 23.6. The number of aliphatic hydroxyl groups is 2. The maximum Gasteiger partial charge on any atom is 0.306 e. The Balaban J connectivity index is 4.71. The monoisotopic (exact) mass is 798 g/mol. The van der Waals surface area contributed by atoms with Crippen molar-refractivity contribution in [2.75, 3.05) is 6.61 Å². The SMILES string of the molecule is CCC/C=C/C=C/C=C/C=C/C=C/CCCCCC(CC(=O)NC(CO)C(O)CCCCCCCCCCC)OC(=O)CCCCCCCCCCCCCCC. The number of esters is 1. The van der Waals surface area contributed by atoms with Gasteiger partial charge in [-0.25, -0.2) is 0 Å². The number of unbranched alkanes of at least 4 members (excludes halogenated alkanes) is 24. The number of allylic oxidation sites excluding steroid dienone is 10. The van der Waals surface area contributed by atoms with Crippen LogP contribution < -0.4 is 5.32 Å². The molecule has 6 nitrogen and oxygen atoms in total. The van der Waals surface area contributed by atoms with Gasteiger partial charge < -0.3 is 20.3 Å². The van der Waals surface area contributed by atoms with Crippen molar-refractivity contribution in [3.63, 3.8) is 0 Å². The molecule has 1 amide bonds. The molecule has 57 heavy (non-hydrogen) atoms. The molecule has 0 aliphatic carbocycles. The molecule has 0 radical (unpaired) electrons. The summed E-state index contributed by atoms with van der Waals surface area (Å²) >= 11 is 0. The van der Waals surface area contributed by atoms with E-state index in [1.165, 1.54) is 109 Å². The fraction of sp³-hybridized carbons (Fsp3) is 0.765. The molecular weight excluding hydrogens is 707 g/mol. The first-order valence-electron chi connectivity index (χ1n) is 24.1. The molecule has 330 valence electrons. The summed E-state index contributed by atoms with van der Waals surface area (Å²) < 4.78 is 5.90. The minimum absolute atomic E-state index is 0.0496. The van der Waals surface area contributed by atoms with Crippen molar-refractivity contribution < 1.29 is 24.5 Å². The van der Waals surface area contributed by atoms with Gasteiger partial charge in [-0.05, 0) is 44.9 Å². The van der Waals surface area contributed by atoms with Crippen LogP contribution >= 0.6 is 0 Å². The van der Waals surface area contributed by atoms with E-state index < -0.39 is 18.2 Å². The largest absolute Gasteiger partial charge is 0.462 e. The second-order valence-electron chi connectivity index (χ2n) is 16.3. The van der Waals surface area contributed by atoms with Gasteiger partial charge >= 0.3 is 5.97 Å². The lowest BCUT2D eigenvalue weighted by molar-refractivity contribution is -0.151. The molecule has 0 aliphatic rings. The molecule has 0 rings (SSSR count). The highest BCUT2D eigenvalue weighted by Crippen LogP contribution is 2.17. The first-order valence-corrected chi connectivity index (χ1v) is 24.1. The first-order chi connectivity index (χ1) is 28.0. The Hall–Kier alpha value is -2.44. The van der Waals surface area contributed by atoms with Crippen molar-refractivity contribution in [3.8, 4) is 0 Å². The molecule has 3 unspecified atom stereocenters. The Morgan fingerprint density at radius 1 is 0.509 bits per heavy atom. The van der Waals surface area contributed by atoms with Crippen molar-refractivity contribution in [3.05, 3.63) is 60.8 Å². The van der Waals surface area contributed by atoms with Crippen LogP contribution in [0.4, 0.5) is 0 Å². The normalized spacial score (nSPS) is 13.8. The van der Waals surface area contributed by atoms with E-state index in [1.807, 2.05) is 36.5 Å². The Bertz CT molecular complexity index is 1030. The van der Waals surface area contributed by atoms with E-state index in [0.717, 1.165) is 70.6 Å². The Kier molecular flexibility index (Phi) is 42.7. The van der Waals surface area contributed by atoms with Gasteiger partial charge in [0.15, 0.2) is 0 Å². The number of nitrogens with one attached hydrogen (secondary N) is 1. The summed E-state index contributed by atoms with van der Waals surface area (Å²) in [5.41, 5.74) is 0. The van der Waals surface area contributed by atoms with Crippen LogP contribution in [0.5, 0.6) is 0 Å². The minimum atomic E-state index is -0.798. The quantitative estimate of drug-likeness (QED) is 0.0325. The third kappa shape index (κ3) is 40.1. The van der Waals surface area contributed by atoms with E-state index in [2.05, 4.69) is 50.4 Å². The molecule has 0 saturated heterocycles. The van der Waals surface area contributed by atoms with Crippen LogP contribution in [0.15, 0.2) is 60.8 Å². The zero-order valence-electron chi connectivity index (χ0n) is 37.5. The molecule has 0 fully saturated rings. The van der Waals surface area contributed by atoms with Crippen LogP contribution in [0.1, 0.15) is 226 Å². The van der Waals surface area contributed by atoms with E-state index in [0.29, 0.717) is 19.3 Å². The van der Waals surface area contributed by atoms with Gasteiger partial charge in [-0.2, -0.15) is 0 Å². The smallest absolute Gasteiger partial charge is 0.306 e. The average Bonchev–Trinajstić information content (AvgIpc) is 3.20. The highest BCUT2D eigenvalue weighted by Gasteiger charge is 2.24. The van der Waals surface area contributed by atoms with Gasteiger partial charge in [-0.1, -0.05) is 229 Å². The van der Waals surface area contributed by atoms with E-state index in [-0.39, 0.29) is 24.9 Å². The fourth-order valence-corrected chi connectivity index (χ4v) is 7.05. The third-order valence-corrected chi connectivity index (χ3v) is 10.7. The molecule has 3 N–H and O–H groups in total. The van der Waals surface area contributed by atoms with Gasteiger partial charge in [-0.3, -0.25) is 9.59 Å². The van der Waals surface area contributed by atoms with Gasteiger partial charge in [-0.15, -0.1) is 0 Å². The van der Waals surface area contributed by atoms with Crippen molar-refractivity contribution in [2.45, 2.75) is 244 Å². The molecule has 0 bridgehead atoms. The van der Waals surface area contributed by atoms with E-state index >= 15 is 0 Å². The number of carbonyl (C=O) groups is 2. The van der Waals surface area contributed by atoms with Crippen molar-refractivity contribution >= 4 is 11.9 Å². The molecule has 6 heteroatoms. The Morgan fingerprint density at radius 2 is 0.930 bits per heavy atom. The lowest BCUT2D eigenvalue weighted by atomic mass is 10.0. The molecule has 0 heterocycles. The standard InChI is InChI=1S/C51H91NO5/c1-4-7-10-13-16-19-21-23-24-25-27-28-31-33-36-39-42-47(57-51(56)44-41-38-35-32-29-26-22-20-17-14-11-8-5-2)45-50(55)52-48(46-53)49(54)43-40-37-34-30-18-15-12-9-6-3/h10,13,16,19,21,23-25,27-28,47-49,53-54H,4-9,11-12,14-15,17-18,20,22,26,29-46H2,1-3H3,(H,52,55)/b13-10+,19-16+,23-21+,25-24+,28-27+. The van der Waals surface area contributed by atoms with Crippen LogP contribution in [0.2, 0.25) is 0 Å². The van der Waals surface area contributed by atoms with Crippen LogP contribution in [-0.4, -0.2) is 46.9 Å². The third-order valence-electron chi connectivity index (χ3n) is 10.7. The number of amides is 1. The van der Waals surface area contributed by atoms with E-state index in [1.54, 1.807) is 0 Å². The van der Waals surface area contributed by atoms with E-state index in [9.17, 15) is 19.8 Å². The zero-order valence-corrected chi connectivity index (χ0v) is 37.5. The number of carbonyl (C=O) groups excluding carboxylic acids is 2. The summed E-state index contributed by atoms with van der Waals surface area (Å²) in [6.07, 6.45) is 54.2. The van der Waals surface area contributed by atoms with Gasteiger partial charge in [0.05, 0.1) is 25.2 Å². The second-order valence-corrected chi connectivity index (χ2v) is 16.3. The molecule has 0 saturated carbocycles. The topological polar surface area (TPSA) is 95.9 Å². The van der Waals surface area contributed by atoms with Crippen molar-refractivity contribution in [1.82, 2.24) is 5.32 Å². The van der Waals surface area contributed by atoms with Crippen LogP contribution in [0, 0.1) is 0 Å². The predicted molar refractivity (Wildman–Crippen MR) is 245 cm³/mol. The molecular formula is C51H91NO5. The second kappa shape index (κ2) is 44.7.